The summed E-state index contributed by atoms with van der Waals surface area (Å²) in [7, 11) is 2.74. The standard InChI is InChI=1S/C24H36N4O5/c1-16(2)14-19-23(31)28(13-12-26-19)20(15-17-8-6-5-7-9-17)22(30)27-18(24(32)33-4)10-11-21(29)25-3/h5-9,16,18-20,26H,10-15H2,1-4H3,(H,25,29)(H,27,30)/t18-,19-,20-/m0/s1. The lowest BCUT2D eigenvalue weighted by molar-refractivity contribution is -0.148. The Morgan fingerprint density at radius 3 is 2.52 bits per heavy atom. The van der Waals surface area contributed by atoms with Crippen molar-refractivity contribution in [3.05, 3.63) is 35.9 Å². The Hall–Kier alpha value is -2.94. The summed E-state index contributed by atoms with van der Waals surface area (Å²) >= 11 is 0. The molecule has 9 heteroatoms. The van der Waals surface area contributed by atoms with Crippen LogP contribution in [0.5, 0.6) is 0 Å². The van der Waals surface area contributed by atoms with E-state index in [2.05, 4.69) is 29.8 Å². The van der Waals surface area contributed by atoms with Crippen molar-refractivity contribution in [3.8, 4) is 0 Å². The smallest absolute Gasteiger partial charge is 0.328 e. The predicted molar refractivity (Wildman–Crippen MR) is 124 cm³/mol. The Balaban J connectivity index is 2.25. The van der Waals surface area contributed by atoms with Crippen molar-refractivity contribution in [1.82, 2.24) is 20.9 Å². The Morgan fingerprint density at radius 1 is 1.21 bits per heavy atom. The lowest BCUT2D eigenvalue weighted by Gasteiger charge is -2.39. The minimum absolute atomic E-state index is 0.0585. The molecule has 0 radical (unpaired) electrons. The maximum Gasteiger partial charge on any atom is 0.328 e. The molecular weight excluding hydrogens is 424 g/mol. The summed E-state index contributed by atoms with van der Waals surface area (Å²) in [6.45, 7) is 5.07. The normalized spacial score (nSPS) is 17.9. The minimum atomic E-state index is -0.984. The van der Waals surface area contributed by atoms with Crippen molar-refractivity contribution in [3.63, 3.8) is 0 Å². The molecule has 0 saturated carbocycles. The average Bonchev–Trinajstić information content (AvgIpc) is 2.81. The lowest BCUT2D eigenvalue weighted by Crippen LogP contribution is -2.62. The molecule has 1 aromatic rings. The molecule has 0 aromatic heterocycles. The number of piperazine rings is 1. The zero-order valence-electron chi connectivity index (χ0n) is 19.9. The molecular formula is C24H36N4O5. The number of methoxy groups -OCH3 is 1. The summed E-state index contributed by atoms with van der Waals surface area (Å²) in [5, 5.41) is 8.49. The van der Waals surface area contributed by atoms with Gasteiger partial charge in [0.05, 0.1) is 13.2 Å². The third-order valence-corrected chi connectivity index (χ3v) is 5.72. The number of nitrogens with one attached hydrogen (secondary N) is 3. The van der Waals surface area contributed by atoms with Crippen molar-refractivity contribution in [2.75, 3.05) is 27.2 Å². The Labute approximate surface area is 195 Å². The molecule has 1 aliphatic rings. The van der Waals surface area contributed by atoms with E-state index >= 15 is 0 Å². The van der Waals surface area contributed by atoms with Crippen molar-refractivity contribution in [2.45, 2.75) is 57.7 Å². The molecule has 3 atom stereocenters. The number of benzene rings is 1. The molecule has 3 amide bonds. The van der Waals surface area contributed by atoms with E-state index in [4.69, 9.17) is 4.74 Å². The maximum atomic E-state index is 13.4. The van der Waals surface area contributed by atoms with Crippen LogP contribution in [-0.4, -0.2) is 74.0 Å². The first-order chi connectivity index (χ1) is 15.8. The predicted octanol–water partition coefficient (Wildman–Crippen LogP) is 0.628. The molecule has 33 heavy (non-hydrogen) atoms. The van der Waals surface area contributed by atoms with Crippen LogP contribution in [0.2, 0.25) is 0 Å². The van der Waals surface area contributed by atoms with Gasteiger partial charge in [0.15, 0.2) is 0 Å². The molecule has 1 heterocycles. The molecule has 1 aromatic carbocycles. The van der Waals surface area contributed by atoms with Crippen molar-refractivity contribution >= 4 is 23.7 Å². The highest BCUT2D eigenvalue weighted by Gasteiger charge is 2.37. The van der Waals surface area contributed by atoms with Gasteiger partial charge in [-0.15, -0.1) is 0 Å². The Bertz CT molecular complexity index is 814. The molecule has 182 valence electrons. The van der Waals surface area contributed by atoms with Crippen molar-refractivity contribution < 1.29 is 23.9 Å². The van der Waals surface area contributed by atoms with Crippen LogP contribution in [-0.2, 0) is 30.3 Å². The fraction of sp³-hybridized carbons (Fsp3) is 0.583. The van der Waals surface area contributed by atoms with Crippen LogP contribution >= 0.6 is 0 Å². The number of esters is 1. The molecule has 0 bridgehead atoms. The van der Waals surface area contributed by atoms with Crippen LogP contribution in [0.25, 0.3) is 0 Å². The average molecular weight is 461 g/mol. The van der Waals surface area contributed by atoms with Gasteiger partial charge in [0, 0.05) is 33.0 Å². The number of amides is 3. The lowest BCUT2D eigenvalue weighted by atomic mass is 9.97. The fourth-order valence-electron chi connectivity index (χ4n) is 3.96. The van der Waals surface area contributed by atoms with Gasteiger partial charge in [0.1, 0.15) is 12.1 Å². The number of carbonyl (C=O) groups is 4. The second kappa shape index (κ2) is 12.9. The van der Waals surface area contributed by atoms with Crippen LogP contribution in [0.3, 0.4) is 0 Å². The summed E-state index contributed by atoms with van der Waals surface area (Å²) in [4.78, 5) is 52.3. The zero-order valence-corrected chi connectivity index (χ0v) is 19.9. The van der Waals surface area contributed by atoms with E-state index in [0.717, 1.165) is 5.56 Å². The number of carbonyl (C=O) groups excluding carboxylic acids is 4. The summed E-state index contributed by atoms with van der Waals surface area (Å²) in [5.74, 6) is -1.11. The second-order valence-electron chi connectivity index (χ2n) is 8.67. The van der Waals surface area contributed by atoms with Gasteiger partial charge in [-0.05, 0) is 24.3 Å². The van der Waals surface area contributed by atoms with E-state index < -0.39 is 24.0 Å². The Morgan fingerprint density at radius 2 is 1.91 bits per heavy atom. The molecule has 2 rings (SSSR count). The number of hydrogen-bond acceptors (Lipinski definition) is 6. The number of hydrogen-bond donors (Lipinski definition) is 3. The summed E-state index contributed by atoms with van der Waals surface area (Å²) < 4.78 is 4.83. The van der Waals surface area contributed by atoms with E-state index in [1.165, 1.54) is 14.2 Å². The van der Waals surface area contributed by atoms with E-state index in [1.807, 2.05) is 30.3 Å². The summed E-state index contributed by atoms with van der Waals surface area (Å²) in [6, 6.07) is 7.34. The number of ether oxygens (including phenoxy) is 1. The highest BCUT2D eigenvalue weighted by molar-refractivity contribution is 5.92. The van der Waals surface area contributed by atoms with Gasteiger partial charge in [0.25, 0.3) is 0 Å². The molecule has 9 nitrogen and oxygen atoms in total. The third-order valence-electron chi connectivity index (χ3n) is 5.72. The quantitative estimate of drug-likeness (QED) is 0.417. The number of rotatable bonds is 11. The molecule has 0 aliphatic carbocycles. The molecule has 1 fully saturated rings. The first kappa shape index (κ1) is 26.3. The van der Waals surface area contributed by atoms with Gasteiger partial charge in [0.2, 0.25) is 17.7 Å². The van der Waals surface area contributed by atoms with Crippen molar-refractivity contribution in [2.24, 2.45) is 5.92 Å². The number of nitrogens with zero attached hydrogens (tertiary/aromatic N) is 1. The molecule has 1 saturated heterocycles. The third kappa shape index (κ3) is 7.85. The van der Waals surface area contributed by atoms with Crippen LogP contribution in [0.15, 0.2) is 30.3 Å². The zero-order chi connectivity index (χ0) is 24.4. The van der Waals surface area contributed by atoms with E-state index in [9.17, 15) is 19.2 Å². The van der Waals surface area contributed by atoms with Gasteiger partial charge >= 0.3 is 5.97 Å². The van der Waals surface area contributed by atoms with Gasteiger partial charge in [-0.3, -0.25) is 14.4 Å². The second-order valence-corrected chi connectivity index (χ2v) is 8.67. The van der Waals surface area contributed by atoms with Gasteiger partial charge in [-0.25, -0.2) is 4.79 Å². The molecule has 0 spiro atoms. The van der Waals surface area contributed by atoms with Gasteiger partial charge in [-0.2, -0.15) is 0 Å². The maximum absolute atomic E-state index is 13.4. The van der Waals surface area contributed by atoms with Crippen molar-refractivity contribution in [1.29, 1.82) is 0 Å². The molecule has 3 N–H and O–H groups in total. The summed E-state index contributed by atoms with van der Waals surface area (Å²) in [6.07, 6.45) is 1.15. The van der Waals surface area contributed by atoms with E-state index in [-0.39, 0.29) is 30.7 Å². The molecule has 0 unspecified atom stereocenters. The summed E-state index contributed by atoms with van der Waals surface area (Å²) in [5.41, 5.74) is 0.907. The van der Waals surface area contributed by atoms with Crippen LogP contribution < -0.4 is 16.0 Å². The Kier molecular flexibility index (Phi) is 10.3. The monoisotopic (exact) mass is 460 g/mol. The van der Waals surface area contributed by atoms with E-state index in [1.54, 1.807) is 4.90 Å². The fourth-order valence-corrected chi connectivity index (χ4v) is 3.96. The van der Waals surface area contributed by atoms with Gasteiger partial charge in [-0.1, -0.05) is 44.2 Å². The highest BCUT2D eigenvalue weighted by atomic mass is 16.5. The van der Waals surface area contributed by atoms with Gasteiger partial charge < -0.3 is 25.6 Å². The minimum Gasteiger partial charge on any atom is -0.467 e. The first-order valence-electron chi connectivity index (χ1n) is 11.4. The van der Waals surface area contributed by atoms with E-state index in [0.29, 0.717) is 31.8 Å². The van der Waals surface area contributed by atoms with Crippen LogP contribution in [0, 0.1) is 5.92 Å². The topological polar surface area (TPSA) is 117 Å². The largest absolute Gasteiger partial charge is 0.467 e. The highest BCUT2D eigenvalue weighted by Crippen LogP contribution is 2.17. The molecule has 1 aliphatic heterocycles. The first-order valence-corrected chi connectivity index (χ1v) is 11.4. The SMILES string of the molecule is CNC(=O)CC[C@H](NC(=O)[C@H](Cc1ccccc1)N1CCN[C@@H](CC(C)C)C1=O)C(=O)OC. The van der Waals surface area contributed by atoms with Crippen LogP contribution in [0.1, 0.15) is 38.7 Å². The van der Waals surface area contributed by atoms with Crippen LogP contribution in [0.4, 0.5) is 0 Å².